The van der Waals surface area contributed by atoms with Gasteiger partial charge in [-0.15, -0.1) is 0 Å². The normalized spacial score (nSPS) is 22.4. The molecule has 178 valence electrons. The number of rotatable bonds is 1. The predicted molar refractivity (Wildman–Crippen MR) is 155 cm³/mol. The van der Waals surface area contributed by atoms with E-state index >= 15 is 0 Å². The minimum absolute atomic E-state index is 0.0215. The molecule has 0 atom stereocenters. The summed E-state index contributed by atoms with van der Waals surface area (Å²) < 4.78 is 21.8. The third kappa shape index (κ3) is 2.92. The van der Waals surface area contributed by atoms with Gasteiger partial charge in [-0.3, -0.25) is 0 Å². The van der Waals surface area contributed by atoms with Gasteiger partial charge in [-0.2, -0.15) is 0 Å². The van der Waals surface area contributed by atoms with Crippen molar-refractivity contribution in [3.63, 3.8) is 0 Å². The Morgan fingerprint density at radius 2 is 0.968 bits per heavy atom. The number of hydrogen-bond acceptors (Lipinski definition) is 3. The van der Waals surface area contributed by atoms with Crippen LogP contribution in [0.4, 0.5) is 5.69 Å². The zero-order valence-electron chi connectivity index (χ0n) is 22.4. The third-order valence-corrected chi connectivity index (χ3v) is 61.5. The molecule has 0 saturated heterocycles. The Morgan fingerprint density at radius 3 is 1.19 bits per heavy atom. The SMILES string of the molecule is C=I12c3c(cc(N(C)C)cc3O[P+]1(C(C)(C)C)C(C)(C)C)O[P+]2(C(C)(C)C)C(C)(C)C. The van der Waals surface area contributed by atoms with E-state index in [1.807, 2.05) is 0 Å². The van der Waals surface area contributed by atoms with E-state index in [2.05, 4.69) is 114 Å². The van der Waals surface area contributed by atoms with Crippen molar-refractivity contribution in [2.75, 3.05) is 19.0 Å². The molecule has 0 saturated carbocycles. The molecule has 3 nitrogen and oxygen atoms in total. The Hall–Kier alpha value is 0.0800. The van der Waals surface area contributed by atoms with E-state index in [-0.39, 0.29) is 20.6 Å². The van der Waals surface area contributed by atoms with Crippen molar-refractivity contribution in [1.82, 2.24) is 0 Å². The van der Waals surface area contributed by atoms with Crippen LogP contribution in [0.1, 0.15) is 83.1 Å². The summed E-state index contributed by atoms with van der Waals surface area (Å²) >= 11 is -3.17. The van der Waals surface area contributed by atoms with Gasteiger partial charge in [-0.05, 0) is 0 Å². The molecule has 0 bridgehead atoms. The summed E-state index contributed by atoms with van der Waals surface area (Å²) in [6.45, 7) is 29.0. The number of nitrogens with zero attached hydrogens (tertiary/aromatic N) is 1. The average Bonchev–Trinajstić information content (AvgIpc) is 2.96. The minimum atomic E-state index is -3.17. The first-order valence-electron chi connectivity index (χ1n) is 11.2. The van der Waals surface area contributed by atoms with E-state index in [0.717, 1.165) is 17.2 Å². The van der Waals surface area contributed by atoms with Crippen LogP contribution in [-0.4, -0.2) is 39.2 Å². The maximum atomic E-state index is 7.46. The van der Waals surface area contributed by atoms with Crippen molar-refractivity contribution >= 4 is 37.3 Å². The number of halogens is 1. The number of hydrogen-bond donors (Lipinski definition) is 0. The van der Waals surface area contributed by atoms with E-state index in [4.69, 9.17) is 13.6 Å². The fourth-order valence-electron chi connectivity index (χ4n) is 6.26. The van der Waals surface area contributed by atoms with Crippen LogP contribution in [0.2, 0.25) is 0 Å². The van der Waals surface area contributed by atoms with Gasteiger partial charge < -0.3 is 0 Å². The van der Waals surface area contributed by atoms with Crippen LogP contribution in [0.3, 0.4) is 0 Å². The summed E-state index contributed by atoms with van der Waals surface area (Å²) in [7, 11) is 4.20. The van der Waals surface area contributed by atoms with Gasteiger partial charge in [-0.1, -0.05) is 0 Å². The summed E-state index contributed by atoms with van der Waals surface area (Å²) in [6, 6.07) is 4.55. The third-order valence-electron chi connectivity index (χ3n) is 6.50. The Kier molecular flexibility index (Phi) is 5.65. The van der Waals surface area contributed by atoms with Gasteiger partial charge in [0.15, 0.2) is 0 Å². The first-order chi connectivity index (χ1) is 13.6. The molecule has 0 fully saturated rings. The fourth-order valence-corrected chi connectivity index (χ4v) is 85.5. The molecular weight excluding hydrogens is 535 g/mol. The maximum absolute atomic E-state index is 7.46. The Labute approximate surface area is 195 Å². The van der Waals surface area contributed by atoms with Gasteiger partial charge in [0.05, 0.1) is 0 Å². The first-order valence-corrected chi connectivity index (χ1v) is 22.8. The van der Waals surface area contributed by atoms with Crippen LogP contribution in [0, 0.1) is 3.57 Å². The van der Waals surface area contributed by atoms with Crippen molar-refractivity contribution in [3.05, 3.63) is 15.7 Å². The molecule has 1 aromatic carbocycles. The van der Waals surface area contributed by atoms with Crippen LogP contribution in [0.5, 0.6) is 11.5 Å². The molecule has 0 spiro atoms. The molecule has 2 aliphatic heterocycles. The second kappa shape index (κ2) is 6.82. The molecule has 1 aromatic rings. The van der Waals surface area contributed by atoms with Crippen LogP contribution in [-0.2, 0) is 0 Å². The van der Waals surface area contributed by atoms with Crippen LogP contribution < -0.4 is 13.9 Å². The first kappa shape index (κ1) is 25.7. The van der Waals surface area contributed by atoms with Crippen molar-refractivity contribution in [2.24, 2.45) is 0 Å². The van der Waals surface area contributed by atoms with Crippen LogP contribution in [0.15, 0.2) is 12.1 Å². The van der Waals surface area contributed by atoms with Crippen LogP contribution in [0.25, 0.3) is 0 Å². The zero-order valence-corrected chi connectivity index (χ0v) is 26.3. The van der Waals surface area contributed by atoms with Gasteiger partial charge in [0.1, 0.15) is 0 Å². The summed E-state index contributed by atoms with van der Waals surface area (Å²) in [5.74, 6) is 2.17. The molecule has 31 heavy (non-hydrogen) atoms. The molecule has 0 radical (unpaired) electrons. The number of anilines is 1. The molecule has 0 aromatic heterocycles. The van der Waals surface area contributed by atoms with Crippen molar-refractivity contribution < 1.29 is 9.05 Å². The molecule has 0 amide bonds. The zero-order chi connectivity index (χ0) is 24.2. The molecule has 0 unspecified atom stereocenters. The van der Waals surface area contributed by atoms with Gasteiger partial charge in [0.2, 0.25) is 0 Å². The standard InChI is InChI=1S/C25H46INO2P2/c1-22(2,3)30(23(4,5)6)26(13)21-19(28-30)16-18(27(14)15)17-20(21)29-31(26,24(7,8)9)25(10,11)12/h16-17H,13H2,1-12,14-15H3/q+2. The molecule has 6 heteroatoms. The van der Waals surface area contributed by atoms with Gasteiger partial charge >= 0.3 is 196 Å². The van der Waals surface area contributed by atoms with Crippen molar-refractivity contribution in [3.8, 4) is 11.5 Å². The fraction of sp³-hybridized carbons (Fsp3) is 0.720. The van der Waals surface area contributed by atoms with Crippen LogP contribution >= 0.6 is 27.1 Å². The molecular formula is C25H46INO2P2+2. The Balaban J connectivity index is 2.62. The molecule has 2 aliphatic rings. The monoisotopic (exact) mass is 581 g/mol. The summed E-state index contributed by atoms with van der Waals surface area (Å²) in [6.07, 6.45) is 0. The van der Waals surface area contributed by atoms with E-state index in [1.54, 1.807) is 0 Å². The molecule has 0 N–H and O–H groups in total. The topological polar surface area (TPSA) is 21.7 Å². The van der Waals surface area contributed by atoms with Crippen molar-refractivity contribution in [2.45, 2.75) is 104 Å². The van der Waals surface area contributed by atoms with E-state index in [0.29, 0.717) is 0 Å². The van der Waals surface area contributed by atoms with Gasteiger partial charge in [-0.25, -0.2) is 0 Å². The average molecular weight is 582 g/mol. The van der Waals surface area contributed by atoms with E-state index < -0.39 is 27.1 Å². The van der Waals surface area contributed by atoms with Crippen molar-refractivity contribution in [1.29, 1.82) is 0 Å². The Morgan fingerprint density at radius 1 is 0.677 bits per heavy atom. The second-order valence-electron chi connectivity index (χ2n) is 13.2. The molecule has 3 rings (SSSR count). The van der Waals surface area contributed by atoms with Gasteiger partial charge in [0.25, 0.3) is 0 Å². The van der Waals surface area contributed by atoms with Gasteiger partial charge in [0, 0.05) is 0 Å². The Bertz CT molecular complexity index is 861. The molecule has 0 aliphatic carbocycles. The van der Waals surface area contributed by atoms with E-state index in [9.17, 15) is 0 Å². The quantitative estimate of drug-likeness (QED) is 0.244. The second-order valence-corrected chi connectivity index (χ2v) is 43.3. The summed E-state index contributed by atoms with van der Waals surface area (Å²) in [5, 5.41) is -4.03. The molecule has 2 heterocycles. The van der Waals surface area contributed by atoms with E-state index in [1.165, 1.54) is 3.57 Å². The number of benzene rings is 1. The summed E-state index contributed by atoms with van der Waals surface area (Å²) in [5.41, 5.74) is 1.16. The predicted octanol–water partition coefficient (Wildman–Crippen LogP) is 9.07. The summed E-state index contributed by atoms with van der Waals surface area (Å²) in [4.78, 5) is 2.17.